The van der Waals surface area contributed by atoms with Gasteiger partial charge in [0.2, 0.25) is 0 Å². The SMILES string of the molecule is O=C(CN1CCN(C(c2ccccc2)c2ccccc2)CC1)c1ccccc1Cl. The average Bonchev–Trinajstić information content (AvgIpc) is 2.77. The molecule has 148 valence electrons. The van der Waals surface area contributed by atoms with Crippen LogP contribution in [0.25, 0.3) is 0 Å². The Hall–Kier alpha value is -2.46. The van der Waals surface area contributed by atoms with E-state index in [2.05, 4.69) is 70.5 Å². The van der Waals surface area contributed by atoms with E-state index in [1.54, 1.807) is 6.07 Å². The van der Waals surface area contributed by atoms with Crippen LogP contribution in [0.5, 0.6) is 0 Å². The summed E-state index contributed by atoms with van der Waals surface area (Å²) in [5.74, 6) is 0.0896. The smallest absolute Gasteiger partial charge is 0.178 e. The molecule has 29 heavy (non-hydrogen) atoms. The van der Waals surface area contributed by atoms with Gasteiger partial charge in [0.15, 0.2) is 5.78 Å². The number of Topliss-reactive ketones (excluding diaryl/α,β-unsaturated/α-hetero) is 1. The summed E-state index contributed by atoms with van der Waals surface area (Å²) in [7, 11) is 0. The normalized spacial score (nSPS) is 15.5. The highest BCUT2D eigenvalue weighted by Crippen LogP contribution is 2.29. The second kappa shape index (κ2) is 9.36. The Kier molecular flexibility index (Phi) is 6.40. The maximum Gasteiger partial charge on any atom is 0.178 e. The van der Waals surface area contributed by atoms with Crippen molar-refractivity contribution in [3.8, 4) is 0 Å². The van der Waals surface area contributed by atoms with Gasteiger partial charge in [-0.3, -0.25) is 14.6 Å². The molecule has 0 saturated carbocycles. The maximum absolute atomic E-state index is 12.7. The number of rotatable bonds is 6. The van der Waals surface area contributed by atoms with Gasteiger partial charge < -0.3 is 0 Å². The maximum atomic E-state index is 12.7. The van der Waals surface area contributed by atoms with Crippen LogP contribution in [0.1, 0.15) is 27.5 Å². The van der Waals surface area contributed by atoms with Crippen molar-refractivity contribution < 1.29 is 4.79 Å². The molecule has 0 aromatic heterocycles. The fraction of sp³-hybridized carbons (Fsp3) is 0.240. The fourth-order valence-corrected chi connectivity index (χ4v) is 4.28. The van der Waals surface area contributed by atoms with Crippen LogP contribution >= 0.6 is 11.6 Å². The summed E-state index contributed by atoms with van der Waals surface area (Å²) < 4.78 is 0. The molecular formula is C25H25ClN2O. The standard InChI is InChI=1S/C25H25ClN2O/c26-23-14-8-7-13-22(23)24(29)19-27-15-17-28(18-16-27)25(20-9-3-1-4-10-20)21-11-5-2-6-12-21/h1-14,25H,15-19H2. The first-order valence-corrected chi connectivity index (χ1v) is 10.4. The molecule has 1 fully saturated rings. The van der Waals surface area contributed by atoms with Crippen LogP contribution in [0.4, 0.5) is 0 Å². The molecule has 3 aromatic rings. The lowest BCUT2D eigenvalue weighted by Crippen LogP contribution is -2.49. The van der Waals surface area contributed by atoms with E-state index in [0.717, 1.165) is 26.2 Å². The van der Waals surface area contributed by atoms with Crippen LogP contribution in [-0.2, 0) is 0 Å². The summed E-state index contributed by atoms with van der Waals surface area (Å²) in [6.07, 6.45) is 0. The molecule has 0 spiro atoms. The molecule has 0 amide bonds. The minimum absolute atomic E-state index is 0.0896. The first-order valence-electron chi connectivity index (χ1n) is 10.1. The molecule has 0 bridgehead atoms. The zero-order valence-electron chi connectivity index (χ0n) is 16.4. The van der Waals surface area contributed by atoms with Gasteiger partial charge in [0, 0.05) is 31.7 Å². The van der Waals surface area contributed by atoms with Gasteiger partial charge in [-0.25, -0.2) is 0 Å². The van der Waals surface area contributed by atoms with Gasteiger partial charge >= 0.3 is 0 Å². The van der Waals surface area contributed by atoms with E-state index >= 15 is 0 Å². The Labute approximate surface area is 177 Å². The molecule has 4 rings (SSSR count). The predicted molar refractivity (Wildman–Crippen MR) is 119 cm³/mol. The molecule has 0 aliphatic carbocycles. The highest BCUT2D eigenvalue weighted by atomic mass is 35.5. The highest BCUT2D eigenvalue weighted by Gasteiger charge is 2.27. The molecule has 0 N–H and O–H groups in total. The van der Waals surface area contributed by atoms with Gasteiger partial charge in [0.05, 0.1) is 17.6 Å². The van der Waals surface area contributed by atoms with Crippen molar-refractivity contribution in [3.63, 3.8) is 0 Å². The van der Waals surface area contributed by atoms with E-state index in [1.807, 2.05) is 18.2 Å². The van der Waals surface area contributed by atoms with Crippen LogP contribution in [0, 0.1) is 0 Å². The summed E-state index contributed by atoms with van der Waals surface area (Å²) in [5.41, 5.74) is 3.22. The topological polar surface area (TPSA) is 23.6 Å². The number of benzene rings is 3. The summed E-state index contributed by atoms with van der Waals surface area (Å²) in [4.78, 5) is 17.4. The van der Waals surface area contributed by atoms with Crippen molar-refractivity contribution in [1.82, 2.24) is 9.80 Å². The Morgan fingerprint density at radius 3 is 1.83 bits per heavy atom. The highest BCUT2D eigenvalue weighted by molar-refractivity contribution is 6.34. The largest absolute Gasteiger partial charge is 0.293 e. The Morgan fingerprint density at radius 1 is 0.759 bits per heavy atom. The fourth-order valence-electron chi connectivity index (χ4n) is 4.04. The van der Waals surface area contributed by atoms with Crippen LogP contribution in [0.2, 0.25) is 5.02 Å². The van der Waals surface area contributed by atoms with E-state index in [1.165, 1.54) is 11.1 Å². The van der Waals surface area contributed by atoms with E-state index < -0.39 is 0 Å². The van der Waals surface area contributed by atoms with E-state index in [4.69, 9.17) is 11.6 Å². The van der Waals surface area contributed by atoms with Gasteiger partial charge in [-0.05, 0) is 23.3 Å². The summed E-state index contributed by atoms with van der Waals surface area (Å²) in [6, 6.07) is 28.9. The third-order valence-electron chi connectivity index (χ3n) is 5.54. The predicted octanol–water partition coefficient (Wildman–Crippen LogP) is 4.93. The molecule has 0 atom stereocenters. The van der Waals surface area contributed by atoms with Gasteiger partial charge in [-0.15, -0.1) is 0 Å². The lowest BCUT2D eigenvalue weighted by molar-refractivity contribution is 0.0808. The van der Waals surface area contributed by atoms with Crippen molar-refractivity contribution in [2.75, 3.05) is 32.7 Å². The monoisotopic (exact) mass is 404 g/mol. The van der Waals surface area contributed by atoms with E-state index in [9.17, 15) is 4.79 Å². The Morgan fingerprint density at radius 2 is 1.28 bits per heavy atom. The summed E-state index contributed by atoms with van der Waals surface area (Å²) >= 11 is 6.19. The number of carbonyl (C=O) groups excluding carboxylic acids is 1. The lowest BCUT2D eigenvalue weighted by Gasteiger charge is -2.39. The molecule has 4 heteroatoms. The molecule has 1 aliphatic rings. The minimum atomic E-state index is 0.0896. The average molecular weight is 405 g/mol. The quantitative estimate of drug-likeness (QED) is 0.544. The summed E-state index contributed by atoms with van der Waals surface area (Å²) in [6.45, 7) is 3.99. The molecule has 0 radical (unpaired) electrons. The third-order valence-corrected chi connectivity index (χ3v) is 5.87. The van der Waals surface area contributed by atoms with Crippen molar-refractivity contribution in [2.45, 2.75) is 6.04 Å². The van der Waals surface area contributed by atoms with Crippen LogP contribution in [0.3, 0.4) is 0 Å². The van der Waals surface area contributed by atoms with Crippen LogP contribution in [-0.4, -0.2) is 48.3 Å². The third kappa shape index (κ3) is 4.76. The molecule has 1 heterocycles. The molecule has 1 aliphatic heterocycles. The van der Waals surface area contributed by atoms with Crippen molar-refractivity contribution in [2.24, 2.45) is 0 Å². The zero-order valence-corrected chi connectivity index (χ0v) is 17.1. The number of ketones is 1. The number of nitrogens with zero attached hydrogens (tertiary/aromatic N) is 2. The zero-order chi connectivity index (χ0) is 20.1. The molecule has 3 nitrogen and oxygen atoms in total. The van der Waals surface area contributed by atoms with E-state index in [-0.39, 0.29) is 11.8 Å². The number of hydrogen-bond acceptors (Lipinski definition) is 3. The number of hydrogen-bond donors (Lipinski definition) is 0. The van der Waals surface area contributed by atoms with E-state index in [0.29, 0.717) is 17.1 Å². The number of piperazine rings is 1. The van der Waals surface area contributed by atoms with Crippen molar-refractivity contribution >= 4 is 17.4 Å². The number of carbonyl (C=O) groups is 1. The first kappa shape index (κ1) is 19.8. The number of halogens is 1. The molecule has 0 unspecified atom stereocenters. The molecule has 1 saturated heterocycles. The van der Waals surface area contributed by atoms with Gasteiger partial charge in [0.1, 0.15) is 0 Å². The Bertz CT molecular complexity index is 898. The van der Waals surface area contributed by atoms with Crippen LogP contribution < -0.4 is 0 Å². The second-order valence-electron chi connectivity index (χ2n) is 7.44. The summed E-state index contributed by atoms with van der Waals surface area (Å²) in [5, 5.41) is 0.532. The second-order valence-corrected chi connectivity index (χ2v) is 7.85. The van der Waals surface area contributed by atoms with Gasteiger partial charge in [0.25, 0.3) is 0 Å². The van der Waals surface area contributed by atoms with Gasteiger partial charge in [-0.2, -0.15) is 0 Å². The lowest BCUT2D eigenvalue weighted by atomic mass is 9.96. The van der Waals surface area contributed by atoms with Crippen molar-refractivity contribution in [3.05, 3.63) is 107 Å². The van der Waals surface area contributed by atoms with Crippen LogP contribution in [0.15, 0.2) is 84.9 Å². The first-order chi connectivity index (χ1) is 14.2. The molecular weight excluding hydrogens is 380 g/mol. The molecule has 3 aromatic carbocycles. The minimum Gasteiger partial charge on any atom is -0.293 e. The van der Waals surface area contributed by atoms with Crippen molar-refractivity contribution in [1.29, 1.82) is 0 Å². The Balaban J connectivity index is 1.44. The van der Waals surface area contributed by atoms with Gasteiger partial charge in [-0.1, -0.05) is 84.4 Å².